The highest BCUT2D eigenvalue weighted by Gasteiger charge is 3.03. The van der Waals surface area contributed by atoms with Crippen LogP contribution in [0.15, 0.2) is 24.3 Å². The number of nitrogens with two attached hydrogens (primary N) is 1. The Morgan fingerprint density at radius 1 is 1.28 bits per heavy atom. The van der Waals surface area contributed by atoms with Gasteiger partial charge in [0.15, 0.2) is 10.8 Å². The van der Waals surface area contributed by atoms with Gasteiger partial charge < -0.3 is 14.2 Å². The van der Waals surface area contributed by atoms with Crippen molar-refractivity contribution in [3.63, 3.8) is 0 Å². The topological polar surface area (TPSA) is 115 Å². The third-order valence-electron chi connectivity index (χ3n) is 6.09. The van der Waals surface area contributed by atoms with E-state index in [1.54, 1.807) is 19.2 Å². The number of nitrogens with zero attached hydrogens (tertiary/aromatic N) is 2. The molecule has 0 radical (unpaired) electrons. The molecule has 2 fully saturated rings. The molecule has 25 heavy (non-hydrogen) atoms. The molecule has 3 N–H and O–H groups in total. The minimum atomic E-state index is -1.42. The lowest BCUT2D eigenvalue weighted by Gasteiger charge is -2.27. The molecule has 2 heterocycles. The lowest BCUT2D eigenvalue weighted by molar-refractivity contribution is -0.679. The van der Waals surface area contributed by atoms with Crippen molar-refractivity contribution >= 4 is 5.84 Å². The van der Waals surface area contributed by atoms with E-state index >= 15 is 0 Å². The summed E-state index contributed by atoms with van der Waals surface area (Å²) in [5.74, 6) is -0.513. The maximum absolute atomic E-state index is 10.2. The molecule has 0 unspecified atom stereocenters. The number of rotatable bonds is 2. The zero-order valence-corrected chi connectivity index (χ0v) is 14.3. The fraction of sp³-hybridized carbons (Fsp3) is 0.500. The molecule has 1 aliphatic carbocycles. The van der Waals surface area contributed by atoms with Gasteiger partial charge in [-0.15, -0.1) is 0 Å². The van der Waals surface area contributed by atoms with E-state index in [0.29, 0.717) is 12.4 Å². The van der Waals surface area contributed by atoms with Gasteiger partial charge >= 0.3 is 5.91 Å². The summed E-state index contributed by atoms with van der Waals surface area (Å²) in [6, 6.07) is 12.0. The standard InChI is InChI=1S/C18H18N4O3/c1-11-8-24-18(25-11)17(10-20)15(2,16(17,9-19)14(21)22-18)12-4-6-13(23-3)7-5-12/h4-7,11H,8H2,1-3H3,(H2,21,22)/p+1/t11-,15-,16-,17+,18+/m0/s1. The zero-order chi connectivity index (χ0) is 18.1. The van der Waals surface area contributed by atoms with Gasteiger partial charge in [-0.25, -0.2) is 4.99 Å². The SMILES string of the molecule is COc1ccc([C@@]2(C)[C@]3(C#N)C(N)=[NH+][C@@]4(OC[C@H](C)O4)[C@@]32C#N)cc1. The molecule has 1 spiro atoms. The number of nitrogens with one attached hydrogen (secondary N) is 1. The second kappa shape index (κ2) is 4.51. The lowest BCUT2D eigenvalue weighted by atomic mass is 9.84. The molecule has 1 saturated carbocycles. The molecule has 3 aliphatic rings. The van der Waals surface area contributed by atoms with Gasteiger partial charge in [-0.3, -0.25) is 5.73 Å². The van der Waals surface area contributed by atoms with Crippen LogP contribution in [0, 0.1) is 33.5 Å². The summed E-state index contributed by atoms with van der Waals surface area (Å²) in [7, 11) is 1.59. The minimum absolute atomic E-state index is 0.208. The van der Waals surface area contributed by atoms with Gasteiger partial charge in [0.2, 0.25) is 0 Å². The van der Waals surface area contributed by atoms with Gasteiger partial charge in [-0.2, -0.15) is 10.5 Å². The van der Waals surface area contributed by atoms with Crippen molar-refractivity contribution in [3.8, 4) is 17.9 Å². The van der Waals surface area contributed by atoms with E-state index in [1.165, 1.54) is 0 Å². The Bertz CT molecular complexity index is 870. The van der Waals surface area contributed by atoms with Crippen molar-refractivity contribution in [2.24, 2.45) is 16.6 Å². The quantitative estimate of drug-likeness (QED) is 0.752. The Morgan fingerprint density at radius 3 is 2.44 bits per heavy atom. The minimum Gasteiger partial charge on any atom is -0.497 e. The van der Waals surface area contributed by atoms with Crippen LogP contribution in [0.5, 0.6) is 5.75 Å². The predicted molar refractivity (Wildman–Crippen MR) is 85.8 cm³/mol. The summed E-state index contributed by atoms with van der Waals surface area (Å²) < 4.78 is 17.1. The first kappa shape index (κ1) is 15.9. The largest absolute Gasteiger partial charge is 0.497 e. The van der Waals surface area contributed by atoms with Gasteiger partial charge in [0.1, 0.15) is 5.75 Å². The number of hydrogen-bond acceptors (Lipinski definition) is 6. The first-order chi connectivity index (χ1) is 11.9. The lowest BCUT2D eigenvalue weighted by Crippen LogP contribution is -2.90. The Balaban J connectivity index is 1.94. The monoisotopic (exact) mass is 339 g/mol. The summed E-state index contributed by atoms with van der Waals surface area (Å²) in [5, 5.41) is 20.3. The van der Waals surface area contributed by atoms with E-state index in [4.69, 9.17) is 19.9 Å². The molecule has 128 valence electrons. The van der Waals surface area contributed by atoms with E-state index in [1.807, 2.05) is 26.0 Å². The third kappa shape index (κ3) is 1.34. The molecule has 1 aromatic carbocycles. The Kier molecular flexibility index (Phi) is 2.87. The molecule has 4 rings (SSSR count). The number of hydrogen-bond donors (Lipinski definition) is 2. The number of fused-ring (bicyclic) bond motifs is 2. The number of ether oxygens (including phenoxy) is 3. The smallest absolute Gasteiger partial charge is 0.344 e. The number of methoxy groups -OCH3 is 1. The highest BCUT2D eigenvalue weighted by Crippen LogP contribution is 2.82. The average Bonchev–Trinajstić information content (AvgIpc) is 2.80. The third-order valence-corrected chi connectivity index (χ3v) is 6.09. The Hall–Kier alpha value is -2.61. The van der Waals surface area contributed by atoms with Crippen molar-refractivity contribution in [3.05, 3.63) is 29.8 Å². The van der Waals surface area contributed by atoms with Gasteiger partial charge in [-0.05, 0) is 24.6 Å². The Morgan fingerprint density at radius 2 is 1.96 bits per heavy atom. The summed E-state index contributed by atoms with van der Waals surface area (Å²) in [6.07, 6.45) is -0.208. The molecule has 0 bridgehead atoms. The molecule has 7 nitrogen and oxygen atoms in total. The molecule has 0 aromatic heterocycles. The molecular formula is C18H19N4O3+. The van der Waals surface area contributed by atoms with Crippen LogP contribution in [0.25, 0.3) is 0 Å². The highest BCUT2D eigenvalue weighted by atomic mass is 16.8. The van der Waals surface area contributed by atoms with Crippen LogP contribution in [-0.2, 0) is 14.9 Å². The molecule has 0 amide bonds. The highest BCUT2D eigenvalue weighted by molar-refractivity contribution is 5.97. The van der Waals surface area contributed by atoms with E-state index in [9.17, 15) is 10.5 Å². The van der Waals surface area contributed by atoms with Crippen LogP contribution in [0.2, 0.25) is 0 Å². The first-order valence-electron chi connectivity index (χ1n) is 8.09. The van der Waals surface area contributed by atoms with Crippen LogP contribution in [-0.4, -0.2) is 31.6 Å². The molecule has 5 atom stereocenters. The fourth-order valence-electron chi connectivity index (χ4n) is 4.86. The normalized spacial score (nSPS) is 43.9. The summed E-state index contributed by atoms with van der Waals surface area (Å²) >= 11 is 0. The van der Waals surface area contributed by atoms with Gasteiger partial charge in [0.05, 0.1) is 37.4 Å². The fourth-order valence-corrected chi connectivity index (χ4v) is 4.86. The van der Waals surface area contributed by atoms with Crippen LogP contribution in [0.3, 0.4) is 0 Å². The number of nitriles is 2. The Labute approximate surface area is 145 Å². The number of benzene rings is 1. The van der Waals surface area contributed by atoms with Crippen LogP contribution in [0.4, 0.5) is 0 Å². The average molecular weight is 339 g/mol. The van der Waals surface area contributed by atoms with Crippen LogP contribution >= 0.6 is 0 Å². The molecular weight excluding hydrogens is 320 g/mol. The van der Waals surface area contributed by atoms with E-state index in [-0.39, 0.29) is 11.9 Å². The van der Waals surface area contributed by atoms with Crippen molar-refractivity contribution in [1.82, 2.24) is 0 Å². The maximum atomic E-state index is 10.2. The molecule has 7 heteroatoms. The maximum Gasteiger partial charge on any atom is 0.344 e. The van der Waals surface area contributed by atoms with Crippen molar-refractivity contribution in [2.75, 3.05) is 13.7 Å². The van der Waals surface area contributed by atoms with E-state index in [2.05, 4.69) is 17.1 Å². The first-order valence-corrected chi connectivity index (χ1v) is 8.09. The van der Waals surface area contributed by atoms with Crippen molar-refractivity contribution in [2.45, 2.75) is 31.3 Å². The molecule has 2 aliphatic heterocycles. The van der Waals surface area contributed by atoms with Gasteiger partial charge in [-0.1, -0.05) is 19.1 Å². The molecule has 1 saturated heterocycles. The van der Waals surface area contributed by atoms with E-state index in [0.717, 1.165) is 5.56 Å². The number of amidine groups is 1. The second-order valence-corrected chi connectivity index (χ2v) is 6.97. The van der Waals surface area contributed by atoms with E-state index < -0.39 is 22.2 Å². The summed E-state index contributed by atoms with van der Waals surface area (Å²) in [5.41, 5.74) is 3.65. The summed E-state index contributed by atoms with van der Waals surface area (Å²) in [4.78, 5) is 2.97. The molecule has 1 aromatic rings. The van der Waals surface area contributed by atoms with Crippen LogP contribution < -0.4 is 15.5 Å². The zero-order valence-electron chi connectivity index (χ0n) is 14.3. The summed E-state index contributed by atoms with van der Waals surface area (Å²) in [6.45, 7) is 4.05. The van der Waals surface area contributed by atoms with Crippen molar-refractivity contribution in [1.29, 1.82) is 10.5 Å². The predicted octanol–water partition coefficient (Wildman–Crippen LogP) is -0.473. The van der Waals surface area contributed by atoms with Gasteiger partial charge in [0, 0.05) is 0 Å². The van der Waals surface area contributed by atoms with Crippen molar-refractivity contribution < 1.29 is 19.2 Å². The van der Waals surface area contributed by atoms with Gasteiger partial charge in [0.25, 0.3) is 5.84 Å². The van der Waals surface area contributed by atoms with Crippen LogP contribution in [0.1, 0.15) is 19.4 Å². The second-order valence-electron chi connectivity index (χ2n) is 6.97.